The Hall–Kier alpha value is -1.63. The van der Waals surface area contributed by atoms with Crippen LogP contribution in [-0.4, -0.2) is 6.21 Å². The lowest BCUT2D eigenvalue weighted by molar-refractivity contribution is 1.12. The summed E-state index contributed by atoms with van der Waals surface area (Å²) in [5.74, 6) is 0. The average Bonchev–Trinajstić information content (AvgIpc) is 2.25. The highest BCUT2D eigenvalue weighted by atomic mass is 14.7. The molecule has 0 aliphatic carbocycles. The van der Waals surface area contributed by atoms with Crippen molar-refractivity contribution in [3.63, 3.8) is 0 Å². The Morgan fingerprint density at radius 2 is 1.93 bits per heavy atom. The van der Waals surface area contributed by atoms with Gasteiger partial charge in [0.25, 0.3) is 0 Å². The van der Waals surface area contributed by atoms with Gasteiger partial charge in [0.15, 0.2) is 0 Å². The molecule has 1 aromatic carbocycles. The van der Waals surface area contributed by atoms with E-state index >= 15 is 0 Å². The van der Waals surface area contributed by atoms with E-state index in [0.29, 0.717) is 0 Å². The van der Waals surface area contributed by atoms with E-state index in [2.05, 4.69) is 17.6 Å². The van der Waals surface area contributed by atoms with E-state index in [1.165, 1.54) is 0 Å². The summed E-state index contributed by atoms with van der Waals surface area (Å²) in [6, 6.07) is 9.96. The Balaban J connectivity index is 2.28. The number of nitrogens with zero attached hydrogens (tertiary/aromatic N) is 1. The van der Waals surface area contributed by atoms with E-state index in [9.17, 15) is 0 Å². The zero-order valence-corrected chi connectivity index (χ0v) is 8.26. The fourth-order valence-electron chi connectivity index (χ4n) is 1.05. The van der Waals surface area contributed by atoms with Gasteiger partial charge in [-0.2, -0.15) is 0 Å². The molecule has 0 bridgehead atoms. The second kappa shape index (κ2) is 6.84. The first-order valence-corrected chi connectivity index (χ1v) is 4.78. The topological polar surface area (TPSA) is 12.4 Å². The van der Waals surface area contributed by atoms with Crippen LogP contribution in [-0.2, 0) is 0 Å². The van der Waals surface area contributed by atoms with Crippen LogP contribution in [0.1, 0.15) is 12.8 Å². The van der Waals surface area contributed by atoms with Crippen LogP contribution in [0.5, 0.6) is 0 Å². The van der Waals surface area contributed by atoms with Crippen molar-refractivity contribution in [2.75, 3.05) is 0 Å². The van der Waals surface area contributed by atoms with Crippen molar-refractivity contribution in [2.24, 2.45) is 4.99 Å². The predicted molar refractivity (Wildman–Crippen MR) is 63.2 cm³/mol. The van der Waals surface area contributed by atoms with E-state index in [-0.39, 0.29) is 0 Å². The van der Waals surface area contributed by atoms with E-state index in [0.717, 1.165) is 18.5 Å². The number of hydrogen-bond acceptors (Lipinski definition) is 1. The second-order valence-electron chi connectivity index (χ2n) is 2.89. The molecule has 1 rings (SSSR count). The molecule has 0 unspecified atom stereocenters. The van der Waals surface area contributed by atoms with Crippen molar-refractivity contribution >= 4 is 11.9 Å². The summed E-state index contributed by atoms with van der Waals surface area (Å²) >= 11 is 0. The molecule has 1 aromatic rings. The monoisotopic (exact) mass is 185 g/mol. The van der Waals surface area contributed by atoms with Crippen molar-refractivity contribution in [2.45, 2.75) is 12.8 Å². The van der Waals surface area contributed by atoms with Gasteiger partial charge in [0, 0.05) is 6.21 Å². The van der Waals surface area contributed by atoms with Crippen molar-refractivity contribution < 1.29 is 0 Å². The van der Waals surface area contributed by atoms with Gasteiger partial charge in [-0.1, -0.05) is 43.0 Å². The Kier molecular flexibility index (Phi) is 5.11. The van der Waals surface area contributed by atoms with Crippen LogP contribution in [0.2, 0.25) is 0 Å². The van der Waals surface area contributed by atoms with Crippen molar-refractivity contribution in [1.29, 1.82) is 0 Å². The highest BCUT2D eigenvalue weighted by Crippen LogP contribution is 2.08. The average molecular weight is 185 g/mol. The molecule has 14 heavy (non-hydrogen) atoms. The number of unbranched alkanes of at least 4 members (excludes halogenated alkanes) is 1. The lowest BCUT2D eigenvalue weighted by atomic mass is 10.3. The molecule has 1 nitrogen and oxygen atoms in total. The molecule has 0 spiro atoms. The number of aliphatic imine (C=N–C) groups is 1. The molecule has 0 aromatic heterocycles. The van der Waals surface area contributed by atoms with Crippen LogP contribution < -0.4 is 0 Å². The largest absolute Gasteiger partial charge is 0.261 e. The molecular formula is C13H15N. The van der Waals surface area contributed by atoms with Crippen LogP contribution >= 0.6 is 0 Å². The quantitative estimate of drug-likeness (QED) is 0.374. The highest BCUT2D eigenvalue weighted by Gasteiger charge is 1.82. The van der Waals surface area contributed by atoms with Gasteiger partial charge < -0.3 is 0 Å². The number of hydrogen-bond donors (Lipinski definition) is 0. The van der Waals surface area contributed by atoms with Crippen molar-refractivity contribution in [1.82, 2.24) is 0 Å². The van der Waals surface area contributed by atoms with E-state index < -0.39 is 0 Å². The van der Waals surface area contributed by atoms with Gasteiger partial charge in [-0.15, -0.1) is 0 Å². The normalized spacial score (nSPS) is 11.1. The van der Waals surface area contributed by atoms with Gasteiger partial charge in [0.1, 0.15) is 0 Å². The molecule has 0 atom stereocenters. The van der Waals surface area contributed by atoms with Gasteiger partial charge in [-0.25, -0.2) is 0 Å². The number of allylic oxidation sites excluding steroid dienone is 3. The van der Waals surface area contributed by atoms with E-state index in [1.54, 1.807) is 6.08 Å². The third-order valence-electron chi connectivity index (χ3n) is 1.73. The fourth-order valence-corrected chi connectivity index (χ4v) is 1.05. The van der Waals surface area contributed by atoms with Crippen molar-refractivity contribution in [3.8, 4) is 0 Å². The summed E-state index contributed by atoms with van der Waals surface area (Å²) in [4.78, 5) is 4.32. The smallest absolute Gasteiger partial charge is 0.0625 e. The molecule has 0 saturated carbocycles. The van der Waals surface area contributed by atoms with Crippen LogP contribution in [0.4, 0.5) is 5.69 Å². The zero-order valence-electron chi connectivity index (χ0n) is 8.26. The zero-order chi connectivity index (χ0) is 10.1. The van der Waals surface area contributed by atoms with Crippen LogP contribution in [0.3, 0.4) is 0 Å². The first kappa shape index (κ1) is 10.5. The summed E-state index contributed by atoms with van der Waals surface area (Å²) in [7, 11) is 0. The molecular weight excluding hydrogens is 170 g/mol. The summed E-state index contributed by atoms with van der Waals surface area (Å²) in [5.41, 5.74) is 1.01. The third kappa shape index (κ3) is 4.41. The maximum Gasteiger partial charge on any atom is 0.0625 e. The van der Waals surface area contributed by atoms with Crippen LogP contribution in [0, 0.1) is 0 Å². The Morgan fingerprint density at radius 1 is 1.14 bits per heavy atom. The lowest BCUT2D eigenvalue weighted by Crippen LogP contribution is -1.72. The van der Waals surface area contributed by atoms with Crippen LogP contribution in [0.15, 0.2) is 60.1 Å². The van der Waals surface area contributed by atoms with Gasteiger partial charge >= 0.3 is 0 Å². The number of para-hydroxylation sites is 1. The van der Waals surface area contributed by atoms with Gasteiger partial charge in [-0.05, 0) is 25.0 Å². The summed E-state index contributed by atoms with van der Waals surface area (Å²) in [6.07, 6.45) is 9.76. The number of benzene rings is 1. The molecule has 0 saturated heterocycles. The molecule has 0 heterocycles. The van der Waals surface area contributed by atoms with Gasteiger partial charge in [0.2, 0.25) is 0 Å². The molecule has 0 aliphatic heterocycles. The summed E-state index contributed by atoms with van der Waals surface area (Å²) in [5, 5.41) is 0. The third-order valence-corrected chi connectivity index (χ3v) is 1.73. The van der Waals surface area contributed by atoms with Gasteiger partial charge in [0.05, 0.1) is 5.69 Å². The molecule has 0 amide bonds. The van der Waals surface area contributed by atoms with E-state index in [4.69, 9.17) is 0 Å². The second-order valence-corrected chi connectivity index (χ2v) is 2.89. The molecule has 0 N–H and O–H groups in total. The predicted octanol–water partition coefficient (Wildman–Crippen LogP) is 3.91. The molecule has 1 heteroatoms. The maximum absolute atomic E-state index is 4.32. The minimum absolute atomic E-state index is 0.971. The fraction of sp³-hybridized carbons (Fsp3) is 0.154. The standard InChI is InChI=1S/C13H15N/c1-2-3-4-5-9-12-14-13-10-7-6-8-11-13/h2-4,6-8,10-12H,1,5,9H2. The minimum Gasteiger partial charge on any atom is -0.261 e. The summed E-state index contributed by atoms with van der Waals surface area (Å²) in [6.45, 7) is 3.61. The molecule has 0 aliphatic rings. The Labute approximate surface area is 85.5 Å². The molecule has 0 fully saturated rings. The highest BCUT2D eigenvalue weighted by molar-refractivity contribution is 5.63. The minimum atomic E-state index is 0.971. The lowest BCUT2D eigenvalue weighted by Gasteiger charge is -1.90. The summed E-state index contributed by atoms with van der Waals surface area (Å²) < 4.78 is 0. The molecule has 0 radical (unpaired) electrons. The molecule has 72 valence electrons. The SMILES string of the molecule is C=CC=CCCC=Nc1ccccc1. The van der Waals surface area contributed by atoms with Crippen LogP contribution in [0.25, 0.3) is 0 Å². The van der Waals surface area contributed by atoms with Crippen molar-refractivity contribution in [3.05, 3.63) is 55.1 Å². The van der Waals surface area contributed by atoms with Gasteiger partial charge in [-0.3, -0.25) is 4.99 Å². The maximum atomic E-state index is 4.32. The Bertz CT molecular complexity index is 309. The van der Waals surface area contributed by atoms with E-state index in [1.807, 2.05) is 42.6 Å². The first-order chi connectivity index (χ1) is 6.93. The Morgan fingerprint density at radius 3 is 2.64 bits per heavy atom. The first-order valence-electron chi connectivity index (χ1n) is 4.78. The number of rotatable bonds is 5.